The lowest BCUT2D eigenvalue weighted by Crippen LogP contribution is -2.72. The summed E-state index contributed by atoms with van der Waals surface area (Å²) in [5.74, 6) is -13.3. The van der Waals surface area contributed by atoms with Gasteiger partial charge in [0.25, 0.3) is 23.6 Å². The highest BCUT2D eigenvalue weighted by molar-refractivity contribution is 7.88. The van der Waals surface area contributed by atoms with Gasteiger partial charge in [-0.2, -0.15) is 83.5 Å². The van der Waals surface area contributed by atoms with E-state index < -0.39 is 200 Å². The minimum atomic E-state index is -6.23. The largest absolute Gasteiger partial charge is 0.534 e. The lowest BCUT2D eigenvalue weighted by atomic mass is 9.80. The third-order valence-corrected chi connectivity index (χ3v) is 24.3. The van der Waals surface area contributed by atoms with Gasteiger partial charge in [0.15, 0.2) is 44.6 Å². The Morgan fingerprint density at radius 2 is 0.738 bits per heavy atom. The molecule has 690 valence electrons. The van der Waals surface area contributed by atoms with E-state index in [-0.39, 0.29) is 55.0 Å². The molecule has 15 rings (SSSR count). The number of allylic oxidation sites excluding steroid dienone is 3. The summed E-state index contributed by atoms with van der Waals surface area (Å²) in [4.78, 5) is 125. The number of carboxylic acid groups (broad SMARTS) is 2. The van der Waals surface area contributed by atoms with Crippen molar-refractivity contribution in [2.75, 3.05) is 31.8 Å². The van der Waals surface area contributed by atoms with E-state index in [4.69, 9.17) is 36.7 Å². The maximum absolute atomic E-state index is 14.0. The molecule has 4 fully saturated rings. The number of β-lactam (4-membered cyclic amide) rings is 3. The first-order valence-electron chi connectivity index (χ1n) is 37.8. The molecule has 4 saturated heterocycles. The number of ether oxygens (including phenoxy) is 2. The van der Waals surface area contributed by atoms with Crippen LogP contribution in [0.25, 0.3) is 0 Å². The fourth-order valence-electron chi connectivity index (χ4n) is 14.4. The highest BCUT2D eigenvalue weighted by atomic mass is 32.2. The van der Waals surface area contributed by atoms with E-state index in [1.165, 1.54) is 12.8 Å². The molecule has 0 saturated carbocycles. The number of alkyl halides is 9. The molecular weight excluding hydrogens is 1840 g/mol. The third kappa shape index (κ3) is 19.9. The summed E-state index contributed by atoms with van der Waals surface area (Å²) in [6.07, 6.45) is 0.567. The zero-order valence-corrected chi connectivity index (χ0v) is 70.1. The number of rotatable bonds is 25. The van der Waals surface area contributed by atoms with Crippen LogP contribution in [0.4, 0.5) is 49.8 Å². The van der Waals surface area contributed by atoms with Crippen molar-refractivity contribution in [3.8, 4) is 0 Å². The van der Waals surface area contributed by atoms with Crippen molar-refractivity contribution in [2.45, 2.75) is 123 Å². The topological polar surface area (TPSA) is 532 Å². The van der Waals surface area contributed by atoms with Gasteiger partial charge in [0.1, 0.15) is 18.1 Å². The number of carbonyl (C=O) groups excluding carboxylic acids is 6. The smallest absolute Gasteiger partial charge is 0.476 e. The highest BCUT2D eigenvalue weighted by Gasteiger charge is 2.60. The minimum Gasteiger partial charge on any atom is -0.476 e. The number of anilines is 2. The third-order valence-electron chi connectivity index (χ3n) is 20.3. The molecule has 10 N–H and O–H groups in total. The second-order valence-corrected chi connectivity index (χ2v) is 34.3. The number of nitrogen functional groups attached to an aromatic ring is 2. The quantitative estimate of drug-likeness (QED) is 0.00416. The number of carbonyl (C=O) groups is 8. The number of hydrogen-bond acceptors (Lipinski definition) is 32. The Morgan fingerprint density at radius 3 is 0.992 bits per heavy atom. The van der Waals surface area contributed by atoms with Gasteiger partial charge >= 0.3 is 64.8 Å². The molecule has 130 heavy (non-hydrogen) atoms. The van der Waals surface area contributed by atoms with Crippen molar-refractivity contribution in [2.24, 2.45) is 16.0 Å². The van der Waals surface area contributed by atoms with Gasteiger partial charge in [-0.05, 0) is 32.1 Å². The number of nitrogens with zero attached hydrogens (tertiary/aromatic N) is 9. The predicted octanol–water partition coefficient (Wildman–Crippen LogP) is 7.97. The first kappa shape index (κ1) is 97.1. The van der Waals surface area contributed by atoms with Gasteiger partial charge in [0, 0.05) is 88.9 Å². The summed E-state index contributed by atoms with van der Waals surface area (Å²) in [7, 11) is -17.5. The van der Waals surface area contributed by atoms with Crippen molar-refractivity contribution < 1.29 is 145 Å². The van der Waals surface area contributed by atoms with Gasteiger partial charge in [-0.1, -0.05) is 200 Å². The van der Waals surface area contributed by atoms with Crippen LogP contribution in [-0.2, 0) is 112 Å². The zero-order chi connectivity index (χ0) is 93.5. The van der Waals surface area contributed by atoms with Gasteiger partial charge < -0.3 is 69.7 Å². The van der Waals surface area contributed by atoms with Gasteiger partial charge in [0.05, 0.1) is 25.2 Å². The maximum Gasteiger partial charge on any atom is 0.534 e. The lowest BCUT2D eigenvalue weighted by molar-refractivity contribution is -0.157. The van der Waals surface area contributed by atoms with E-state index in [1.807, 2.05) is 146 Å². The Balaban J connectivity index is 0.000000196. The number of benzene rings is 6. The molecule has 0 spiro atoms. The molecule has 6 aromatic carbocycles. The van der Waals surface area contributed by atoms with Crippen molar-refractivity contribution >= 4 is 123 Å². The van der Waals surface area contributed by atoms with Crippen LogP contribution in [0.2, 0.25) is 0 Å². The van der Waals surface area contributed by atoms with Crippen LogP contribution >= 0.6 is 23.1 Å². The Hall–Kier alpha value is -13.5. The number of methoxy groups -OCH3 is 1. The monoisotopic (exact) mass is 1920 g/mol. The fraction of sp³-hybridized carbons (Fsp3) is 0.291. The molecule has 0 unspecified atom stereocenters. The minimum absolute atomic E-state index is 0. The van der Waals surface area contributed by atoms with Crippen LogP contribution in [0, 0.1) is 0 Å². The van der Waals surface area contributed by atoms with Crippen molar-refractivity contribution in [1.29, 1.82) is 0 Å². The predicted molar refractivity (Wildman–Crippen MR) is 437 cm³/mol. The Labute approximate surface area is 739 Å². The van der Waals surface area contributed by atoms with Crippen LogP contribution < -0.4 is 27.8 Å². The molecule has 0 bridgehead atoms. The maximum atomic E-state index is 14.0. The van der Waals surface area contributed by atoms with Crippen LogP contribution in [0.5, 0.6) is 0 Å². The van der Waals surface area contributed by atoms with Gasteiger partial charge in [-0.25, -0.2) is 14.4 Å². The summed E-state index contributed by atoms with van der Waals surface area (Å²) in [5, 5.41) is 32.2. The molecule has 8 aromatic rings. The first-order chi connectivity index (χ1) is 61.0. The molecule has 0 radical (unpaired) electrons. The summed E-state index contributed by atoms with van der Waals surface area (Å²) in [6, 6.07) is 47.8. The lowest BCUT2D eigenvalue weighted by Gasteiger charge is -2.49. The fourth-order valence-corrected chi connectivity index (χ4v) is 16.8. The normalized spacial score (nSPS) is 19.4. The number of carboxylic acids is 2. The number of halogens is 9. The number of fused-ring (bicyclic) bond motifs is 3. The number of oxime groups is 2. The average Bonchev–Trinajstić information content (AvgIpc) is 0.999. The molecule has 9 heterocycles. The highest BCUT2D eigenvalue weighted by Crippen LogP contribution is 2.47. The number of aliphatic carboxylic acids is 2. The second kappa shape index (κ2) is 39.2. The van der Waals surface area contributed by atoms with Crippen molar-refractivity contribution in [3.63, 3.8) is 0 Å². The molecule has 6 atom stereocenters. The van der Waals surface area contributed by atoms with E-state index in [9.17, 15) is 108 Å². The van der Waals surface area contributed by atoms with Crippen molar-refractivity contribution in [3.05, 3.63) is 261 Å². The van der Waals surface area contributed by atoms with E-state index in [0.717, 1.165) is 48.3 Å². The SMILES string of the molecule is C.C1CCOC1.COC(=O)C1=C(OS(=O)(=O)C(F)(F)F)CC[C@@H]2[C@H](NC(=O)/C(=N\OC(c3ccccc3)(c3ccccc3)c3ccccc3)c3nsc(N)n3)C(=O)N12.N[C@@H]1C(=O)N2C(C(=O)O)=C(OS(=O)(=O)C(F)(F)F)CC[C@H]12.Nc1nc(/C(=N/OC(c2ccccc2)(c2ccccc2)c2ccccc2)C(=O)N[C@@H]2C(=O)N3C(C(=O)O)=C(OS(=O)(=O)C(F)(F)F)CC[C@H]23)ns1. The van der Waals surface area contributed by atoms with Crippen LogP contribution in [0.3, 0.4) is 0 Å². The van der Waals surface area contributed by atoms with Gasteiger partial charge in [-0.15, -0.1) is 0 Å². The second-order valence-electron chi connectivity index (χ2n) is 28.1. The van der Waals surface area contributed by atoms with E-state index >= 15 is 0 Å². The van der Waals surface area contributed by atoms with Gasteiger partial charge in [-0.3, -0.25) is 38.7 Å². The average molecular weight is 1920 g/mol. The number of esters is 1. The number of aromatic nitrogens is 4. The van der Waals surface area contributed by atoms with Crippen LogP contribution in [0.1, 0.15) is 104 Å². The van der Waals surface area contributed by atoms with Gasteiger partial charge in [0.2, 0.25) is 40.2 Å². The Bertz CT molecular complexity index is 5920. The number of nitrogens with two attached hydrogens (primary N) is 3. The summed E-state index contributed by atoms with van der Waals surface area (Å²) >= 11 is 1.52. The standard InChI is InChI=1S/C33H27F3N6O8S2.C32H25F3N6O8S2.C9H9F3N2O6S.C4H8O.CH4/c1-48-30(45)26-23(49-52(46,47)33(34,35)36)18-17-22-24(29(44)42(22)26)38-28(43)25(27-39-31(37)51-41-27)40-50-32(19-11-5-2-6-12-19,20-13-7-3-8-14-20)21-15-9-4-10-16-21;33-32(34,35)51(46,47)48-22-17-16-21-23(28(43)41(21)25(22)29(44)45)37-27(42)24(26-38-30(36)50-40-26)39-49-31(18-10-4-1-5-11-18,19-12-6-2-7-13-19)20-14-8-3-9-15-20;10-9(11,12)21(18,19)20-4-2-1-3-5(13)7(15)14(3)6(4)8(16)17;1-2-4-5-3-1;/h2-16,22,24H,17-18H2,1H3,(H,38,43)(H2,37,39,41);1-15,21,23H,16-17H2,(H,37,42)(H,44,45)(H2,36,38,40);3,5H,1-2,13H2,(H,16,17);1-4H2;1H4/b40-25-;39-24-;;;/t22-,24+;21-,23+;3-,5+;;/m111../s1. The van der Waals surface area contributed by atoms with E-state index in [0.29, 0.717) is 43.2 Å². The summed E-state index contributed by atoms with van der Waals surface area (Å²) in [5.41, 5.74) is -3.19. The van der Waals surface area contributed by atoms with Crippen LogP contribution in [-0.4, -0.2) is 201 Å². The first-order valence-corrected chi connectivity index (χ1v) is 43.5. The molecule has 51 heteroatoms. The number of hydrogen-bond donors (Lipinski definition) is 7. The number of nitrogens with one attached hydrogen (secondary N) is 2. The molecule has 37 nitrogen and oxygen atoms in total. The summed E-state index contributed by atoms with van der Waals surface area (Å²) < 4.78 is 214. The zero-order valence-electron chi connectivity index (χ0n) is 66.0. The molecule has 0 aliphatic carbocycles. The molecule has 5 amide bonds. The Morgan fingerprint density at radius 1 is 0.462 bits per heavy atom. The Kier molecular flexibility index (Phi) is 29.3. The molecule has 7 aliphatic rings. The summed E-state index contributed by atoms with van der Waals surface area (Å²) in [6.45, 7) is 2.00. The molecule has 7 aliphatic heterocycles. The molecular formula is C79H73F9N14O23S5. The van der Waals surface area contributed by atoms with E-state index in [2.05, 4.69) is 56.9 Å². The van der Waals surface area contributed by atoms with Crippen LogP contribution in [0.15, 0.2) is 227 Å². The van der Waals surface area contributed by atoms with Crippen molar-refractivity contribution in [1.82, 2.24) is 44.0 Å². The molecule has 2 aromatic heterocycles. The number of amides is 5. The van der Waals surface area contributed by atoms with E-state index in [1.54, 1.807) is 36.4 Å².